The Bertz CT molecular complexity index is 1860. The Balaban J connectivity index is 1.38. The minimum atomic E-state index is -0.405. The van der Waals surface area contributed by atoms with Gasteiger partial charge in [0, 0.05) is 46.9 Å². The van der Waals surface area contributed by atoms with E-state index in [1.54, 1.807) is 24.7 Å². The van der Waals surface area contributed by atoms with E-state index in [0.717, 1.165) is 40.5 Å². The van der Waals surface area contributed by atoms with Gasteiger partial charge in [-0.1, -0.05) is 13.3 Å². The molecule has 200 valence electrons. The van der Waals surface area contributed by atoms with Gasteiger partial charge >= 0.3 is 0 Å². The number of amides is 1. The molecule has 0 bridgehead atoms. The molecule has 6 aromatic rings. The van der Waals surface area contributed by atoms with Crippen molar-refractivity contribution in [2.75, 3.05) is 12.4 Å². The molecule has 40 heavy (non-hydrogen) atoms. The zero-order chi connectivity index (χ0) is 27.6. The number of nitrogens with one attached hydrogen (secondary N) is 3. The number of hydrogen-bond acceptors (Lipinski definition) is 6. The Morgan fingerprint density at radius 3 is 2.77 bits per heavy atom. The molecule has 10 heteroatoms. The average Bonchev–Trinajstić information content (AvgIpc) is 3.59. The van der Waals surface area contributed by atoms with E-state index >= 15 is 0 Å². The second kappa shape index (κ2) is 10.6. The van der Waals surface area contributed by atoms with Crippen LogP contribution in [-0.4, -0.2) is 43.2 Å². The van der Waals surface area contributed by atoms with Crippen LogP contribution in [0.4, 0.5) is 10.1 Å². The number of anilines is 1. The molecular weight excluding hydrogens is 509 g/mol. The zero-order valence-electron chi connectivity index (χ0n) is 22.0. The van der Waals surface area contributed by atoms with Gasteiger partial charge in [0.15, 0.2) is 0 Å². The van der Waals surface area contributed by atoms with Crippen molar-refractivity contribution in [1.29, 1.82) is 0 Å². The van der Waals surface area contributed by atoms with Crippen molar-refractivity contribution in [3.63, 3.8) is 0 Å². The molecule has 5 heterocycles. The van der Waals surface area contributed by atoms with Gasteiger partial charge in [-0.05, 0) is 48.9 Å². The lowest BCUT2D eigenvalue weighted by atomic mass is 10.1. The number of carbonyl (C=O) groups excluding carboxylic acids is 1. The van der Waals surface area contributed by atoms with Crippen LogP contribution in [0.5, 0.6) is 5.75 Å². The summed E-state index contributed by atoms with van der Waals surface area (Å²) >= 11 is 0. The van der Waals surface area contributed by atoms with Gasteiger partial charge in [0.1, 0.15) is 22.8 Å². The lowest BCUT2D eigenvalue weighted by molar-refractivity contribution is -0.116. The summed E-state index contributed by atoms with van der Waals surface area (Å²) in [6.07, 6.45) is 7.27. The standard InChI is InChI=1S/C30H26FN7O2/c1-3-4-5-27(39)34-20-11-18(15-32-16-20)23-6-7-25-29(36-23)30(38-37-25)26-14-22-24(35-26)8-9-33-28(22)17-10-19(31)13-21(12-17)40-2/h6-16,35H,3-5H2,1-2H3,(H,34,39)(H,37,38). The molecule has 0 spiro atoms. The van der Waals surface area contributed by atoms with Crippen LogP contribution < -0.4 is 10.1 Å². The van der Waals surface area contributed by atoms with Crippen molar-refractivity contribution in [2.45, 2.75) is 26.2 Å². The van der Waals surface area contributed by atoms with Gasteiger partial charge in [0.05, 0.1) is 41.6 Å². The minimum Gasteiger partial charge on any atom is -0.497 e. The molecule has 0 atom stereocenters. The number of fused-ring (bicyclic) bond motifs is 2. The van der Waals surface area contributed by atoms with E-state index in [1.807, 2.05) is 30.3 Å². The molecule has 1 aromatic carbocycles. The van der Waals surface area contributed by atoms with Gasteiger partial charge < -0.3 is 15.0 Å². The van der Waals surface area contributed by atoms with E-state index in [-0.39, 0.29) is 5.91 Å². The number of unbranched alkanes of at least 4 members (excludes halogenated alkanes) is 1. The summed E-state index contributed by atoms with van der Waals surface area (Å²) in [7, 11) is 1.50. The van der Waals surface area contributed by atoms with Crippen molar-refractivity contribution >= 4 is 33.5 Å². The molecule has 0 aliphatic heterocycles. The predicted octanol–water partition coefficient (Wildman–Crippen LogP) is 6.51. The van der Waals surface area contributed by atoms with Crippen molar-refractivity contribution < 1.29 is 13.9 Å². The first-order valence-electron chi connectivity index (χ1n) is 13.0. The molecule has 0 radical (unpaired) electrons. The lowest BCUT2D eigenvalue weighted by Crippen LogP contribution is -2.11. The third-order valence-electron chi connectivity index (χ3n) is 6.67. The van der Waals surface area contributed by atoms with Crippen LogP contribution in [0, 0.1) is 5.82 Å². The normalized spacial score (nSPS) is 11.3. The number of aromatic nitrogens is 6. The van der Waals surface area contributed by atoms with Crippen molar-refractivity contribution in [2.24, 2.45) is 0 Å². The number of rotatable bonds is 8. The molecule has 5 aromatic heterocycles. The van der Waals surface area contributed by atoms with Gasteiger partial charge in [-0.2, -0.15) is 5.10 Å². The number of pyridine rings is 3. The summed E-state index contributed by atoms with van der Waals surface area (Å²) in [6.45, 7) is 2.05. The van der Waals surface area contributed by atoms with Gasteiger partial charge in [-0.25, -0.2) is 9.37 Å². The first kappa shape index (κ1) is 25.2. The van der Waals surface area contributed by atoms with Gasteiger partial charge in [0.2, 0.25) is 5.91 Å². The quantitative estimate of drug-likeness (QED) is 0.204. The Morgan fingerprint density at radius 2 is 1.93 bits per heavy atom. The molecule has 1 amide bonds. The highest BCUT2D eigenvalue weighted by Gasteiger charge is 2.17. The lowest BCUT2D eigenvalue weighted by Gasteiger charge is -2.07. The highest BCUT2D eigenvalue weighted by molar-refractivity contribution is 5.99. The number of hydrogen-bond donors (Lipinski definition) is 3. The SMILES string of the molecule is CCCCC(=O)Nc1cncc(-c2ccc3[nH]nc(-c4cc5c(-c6cc(F)cc(OC)c6)nccc5[nH]4)c3n2)c1. The minimum absolute atomic E-state index is 0.0364. The van der Waals surface area contributed by atoms with E-state index < -0.39 is 5.82 Å². The largest absolute Gasteiger partial charge is 0.497 e. The second-order valence-electron chi connectivity index (χ2n) is 9.46. The number of ether oxygens (including phenoxy) is 1. The molecule has 9 nitrogen and oxygen atoms in total. The van der Waals surface area contributed by atoms with Gasteiger partial charge in [-0.15, -0.1) is 0 Å². The molecule has 3 N–H and O–H groups in total. The molecule has 0 saturated carbocycles. The van der Waals surface area contributed by atoms with Crippen LogP contribution in [0.3, 0.4) is 0 Å². The molecule has 0 fully saturated rings. The summed E-state index contributed by atoms with van der Waals surface area (Å²) in [5.41, 5.74) is 6.94. The van der Waals surface area contributed by atoms with Gasteiger partial charge in [0.25, 0.3) is 0 Å². The number of halogens is 1. The first-order chi connectivity index (χ1) is 19.5. The average molecular weight is 536 g/mol. The topological polar surface area (TPSA) is 121 Å². The first-order valence-corrected chi connectivity index (χ1v) is 13.0. The van der Waals surface area contributed by atoms with Crippen molar-refractivity contribution in [1.82, 2.24) is 30.1 Å². The maximum atomic E-state index is 14.3. The van der Waals surface area contributed by atoms with E-state index in [9.17, 15) is 9.18 Å². The van der Waals surface area contributed by atoms with Crippen LogP contribution >= 0.6 is 0 Å². The van der Waals surface area contributed by atoms with E-state index in [1.165, 1.54) is 19.2 Å². The number of nitrogens with zero attached hydrogens (tertiary/aromatic N) is 4. The Labute approximate surface area is 228 Å². The summed E-state index contributed by atoms with van der Waals surface area (Å²) < 4.78 is 19.5. The Morgan fingerprint density at radius 1 is 1.02 bits per heavy atom. The van der Waals surface area contributed by atoms with Crippen molar-refractivity contribution in [3.8, 4) is 39.7 Å². The maximum absolute atomic E-state index is 14.3. The van der Waals surface area contributed by atoms with E-state index in [2.05, 4.69) is 37.4 Å². The van der Waals surface area contributed by atoms with Crippen LogP contribution in [0.2, 0.25) is 0 Å². The third-order valence-corrected chi connectivity index (χ3v) is 6.67. The number of carbonyl (C=O) groups is 1. The number of aromatic amines is 2. The van der Waals surface area contributed by atoms with Crippen LogP contribution in [0.1, 0.15) is 26.2 Å². The van der Waals surface area contributed by atoms with Crippen molar-refractivity contribution in [3.05, 3.63) is 72.9 Å². The summed E-state index contributed by atoms with van der Waals surface area (Å²) in [5, 5.41) is 11.3. The number of benzene rings is 1. The van der Waals surface area contributed by atoms with Crippen LogP contribution in [0.25, 0.3) is 55.8 Å². The molecule has 0 aliphatic carbocycles. The summed E-state index contributed by atoms with van der Waals surface area (Å²) in [4.78, 5) is 29.3. The third kappa shape index (κ3) is 4.86. The van der Waals surface area contributed by atoms with Gasteiger partial charge in [-0.3, -0.25) is 19.9 Å². The molecule has 0 unspecified atom stereocenters. The van der Waals surface area contributed by atoms with Crippen LogP contribution in [0.15, 0.2) is 67.1 Å². The highest BCUT2D eigenvalue weighted by atomic mass is 19.1. The predicted molar refractivity (Wildman–Crippen MR) is 152 cm³/mol. The fourth-order valence-electron chi connectivity index (χ4n) is 4.69. The Kier molecular flexibility index (Phi) is 6.65. The molecular formula is C30H26FN7O2. The second-order valence-corrected chi connectivity index (χ2v) is 9.46. The molecule has 0 aliphatic rings. The Hall–Kier alpha value is -5.12. The molecule has 6 rings (SSSR count). The summed E-state index contributed by atoms with van der Waals surface area (Å²) in [6, 6.07) is 14.0. The fourth-order valence-corrected chi connectivity index (χ4v) is 4.69. The smallest absolute Gasteiger partial charge is 0.224 e. The van der Waals surface area contributed by atoms with Crippen LogP contribution in [-0.2, 0) is 4.79 Å². The molecule has 0 saturated heterocycles. The summed E-state index contributed by atoms with van der Waals surface area (Å²) in [5.74, 6) is -0.0256. The van der Waals surface area contributed by atoms with E-state index in [0.29, 0.717) is 46.0 Å². The van der Waals surface area contributed by atoms with E-state index in [4.69, 9.17) is 9.72 Å². The maximum Gasteiger partial charge on any atom is 0.224 e. The number of H-pyrrole nitrogens is 2. The monoisotopic (exact) mass is 535 g/mol. The number of methoxy groups -OCH3 is 1. The fraction of sp³-hybridized carbons (Fsp3) is 0.167. The zero-order valence-corrected chi connectivity index (χ0v) is 22.0. The highest BCUT2D eigenvalue weighted by Crippen LogP contribution is 2.34.